The van der Waals surface area contributed by atoms with Crippen LogP contribution in [-0.2, 0) is 0 Å². The van der Waals surface area contributed by atoms with Gasteiger partial charge in [-0.05, 0) is 105 Å². The van der Waals surface area contributed by atoms with Crippen molar-refractivity contribution in [1.82, 2.24) is 4.57 Å². The number of nitrogens with zero attached hydrogens (tertiary/aromatic N) is 2. The molecule has 2 heterocycles. The minimum Gasteiger partial charge on any atom is -0.455 e. The Kier molecular flexibility index (Phi) is 6.46. The summed E-state index contributed by atoms with van der Waals surface area (Å²) in [5.41, 5.74) is 9.96. The molecular formula is C56H36N2O. The maximum Gasteiger partial charge on any atom is 0.145 e. The van der Waals surface area contributed by atoms with Crippen LogP contribution < -0.4 is 4.90 Å². The van der Waals surface area contributed by atoms with Crippen LogP contribution >= 0.6 is 0 Å². The first-order valence-corrected chi connectivity index (χ1v) is 19.8. The van der Waals surface area contributed by atoms with Gasteiger partial charge in [-0.15, -0.1) is 0 Å². The highest BCUT2D eigenvalue weighted by Gasteiger charge is 2.26. The summed E-state index contributed by atoms with van der Waals surface area (Å²) < 4.78 is 52.5. The number of furan rings is 1. The number of aromatic nitrogens is 1. The highest BCUT2D eigenvalue weighted by Crippen LogP contribution is 2.50. The van der Waals surface area contributed by atoms with Crippen molar-refractivity contribution < 1.29 is 11.3 Å². The molecule has 59 heavy (non-hydrogen) atoms. The molecule has 0 amide bonds. The van der Waals surface area contributed by atoms with Gasteiger partial charge in [-0.3, -0.25) is 0 Å². The van der Waals surface area contributed by atoms with Crippen molar-refractivity contribution in [2.24, 2.45) is 0 Å². The molecule has 0 radical (unpaired) electrons. The molecule has 276 valence electrons. The summed E-state index contributed by atoms with van der Waals surface area (Å²) >= 11 is 0. The van der Waals surface area contributed by atoms with Gasteiger partial charge in [0, 0.05) is 33.1 Å². The van der Waals surface area contributed by atoms with Crippen molar-refractivity contribution in [3.05, 3.63) is 218 Å². The maximum absolute atomic E-state index is 9.08. The first-order chi connectivity index (χ1) is 31.4. The van der Waals surface area contributed by atoms with Crippen LogP contribution in [0.1, 0.15) is 6.85 Å². The number of fused-ring (bicyclic) bond motifs is 8. The molecule has 12 rings (SSSR count). The fourth-order valence-electron chi connectivity index (χ4n) is 9.03. The summed E-state index contributed by atoms with van der Waals surface area (Å²) in [6.45, 7) is 0. The maximum atomic E-state index is 9.08. The SMILES string of the molecule is [2H]c1c([2H])c([2H])c(-n2c3ccccc3c3c(N(c4ccc(-c5ccc6ccccc6c5)cc4)c4ccc(-c5cccc6ccccc56)c5oc6ccccc6c45)cccc32)c([2H])c1[2H]. The Morgan fingerprint density at radius 2 is 1.10 bits per heavy atom. The van der Waals surface area contributed by atoms with Gasteiger partial charge in [-0.2, -0.15) is 0 Å². The van der Waals surface area contributed by atoms with Gasteiger partial charge in [0.2, 0.25) is 0 Å². The third kappa shape index (κ3) is 5.29. The van der Waals surface area contributed by atoms with Crippen LogP contribution in [0.15, 0.2) is 223 Å². The fourth-order valence-corrected chi connectivity index (χ4v) is 9.03. The van der Waals surface area contributed by atoms with Crippen molar-refractivity contribution in [2.75, 3.05) is 4.90 Å². The van der Waals surface area contributed by atoms with E-state index in [1.807, 2.05) is 59.2 Å². The van der Waals surface area contributed by atoms with Gasteiger partial charge in [-0.25, -0.2) is 0 Å². The van der Waals surface area contributed by atoms with E-state index in [2.05, 4.69) is 138 Å². The van der Waals surface area contributed by atoms with Gasteiger partial charge >= 0.3 is 0 Å². The van der Waals surface area contributed by atoms with Crippen LogP contribution in [-0.4, -0.2) is 4.57 Å². The lowest BCUT2D eigenvalue weighted by Crippen LogP contribution is -2.11. The lowest BCUT2D eigenvalue weighted by atomic mass is 9.95. The molecule has 10 aromatic carbocycles. The first-order valence-electron chi connectivity index (χ1n) is 22.3. The molecule has 3 heteroatoms. The monoisotopic (exact) mass is 757 g/mol. The molecule has 0 spiro atoms. The highest BCUT2D eigenvalue weighted by molar-refractivity contribution is 6.21. The van der Waals surface area contributed by atoms with E-state index >= 15 is 0 Å². The molecule has 0 aliphatic heterocycles. The van der Waals surface area contributed by atoms with Gasteiger partial charge in [0.15, 0.2) is 0 Å². The third-order valence-electron chi connectivity index (χ3n) is 11.7. The Balaban J connectivity index is 1.16. The Hall–Kier alpha value is -7.88. The second-order valence-electron chi connectivity index (χ2n) is 14.9. The first kappa shape index (κ1) is 28.5. The van der Waals surface area contributed by atoms with Crippen LogP contribution in [0.5, 0.6) is 0 Å². The normalized spacial score (nSPS) is 12.9. The standard InChI is InChI=1S/C56H36N2O/c1-2-18-42(19-3-1)57-49-24-10-8-21-47(49)54-50(57)25-13-26-51(54)58(43-32-30-38(31-33-43)41-29-28-37-14-4-5-16-40(37)36-41)52-35-34-46(45-23-12-17-39-15-6-7-20-44(39)45)56-55(52)48-22-9-11-27-53(48)59-56/h1-36H/i1D,2D,3D,18D,19D. The highest BCUT2D eigenvalue weighted by atomic mass is 16.3. The summed E-state index contributed by atoms with van der Waals surface area (Å²) in [5.74, 6) is 0. The molecule has 0 unspecified atom stereocenters. The second-order valence-corrected chi connectivity index (χ2v) is 14.9. The van der Waals surface area contributed by atoms with Crippen molar-refractivity contribution in [1.29, 1.82) is 0 Å². The van der Waals surface area contributed by atoms with Crippen LogP contribution in [0, 0.1) is 0 Å². The van der Waals surface area contributed by atoms with E-state index in [9.17, 15) is 0 Å². The van der Waals surface area contributed by atoms with Gasteiger partial charge in [0.1, 0.15) is 11.2 Å². The van der Waals surface area contributed by atoms with E-state index < -0.39 is 6.04 Å². The smallest absolute Gasteiger partial charge is 0.145 e. The number of anilines is 3. The molecule has 0 saturated carbocycles. The van der Waals surface area contributed by atoms with Crippen LogP contribution in [0.3, 0.4) is 0 Å². The second kappa shape index (κ2) is 13.4. The molecule has 12 aromatic rings. The third-order valence-corrected chi connectivity index (χ3v) is 11.7. The molecule has 2 aromatic heterocycles. The van der Waals surface area contributed by atoms with Crippen LogP contribution in [0.2, 0.25) is 0 Å². The predicted molar refractivity (Wildman–Crippen MR) is 249 cm³/mol. The van der Waals surface area contributed by atoms with Gasteiger partial charge < -0.3 is 13.9 Å². The summed E-state index contributed by atoms with van der Waals surface area (Å²) in [5, 5.41) is 8.30. The summed E-state index contributed by atoms with van der Waals surface area (Å²) in [7, 11) is 0. The molecule has 0 N–H and O–H groups in total. The van der Waals surface area contributed by atoms with E-state index in [0.717, 1.165) is 88.3 Å². The van der Waals surface area contributed by atoms with Gasteiger partial charge in [-0.1, -0.05) is 152 Å². The zero-order chi connectivity index (χ0) is 43.2. The number of para-hydroxylation sites is 3. The average molecular weight is 758 g/mol. The fraction of sp³-hybridized carbons (Fsp3) is 0. The Labute approximate surface area is 348 Å². The minimum absolute atomic E-state index is 0.100. The van der Waals surface area contributed by atoms with E-state index in [0.29, 0.717) is 5.52 Å². The Bertz CT molecular complexity index is 3840. The van der Waals surface area contributed by atoms with Crippen molar-refractivity contribution >= 4 is 82.4 Å². The summed E-state index contributed by atoms with van der Waals surface area (Å²) in [4.78, 5) is 2.28. The molecule has 0 aliphatic carbocycles. The van der Waals surface area contributed by atoms with Crippen molar-refractivity contribution in [3.8, 4) is 27.9 Å². The molecule has 3 nitrogen and oxygen atoms in total. The minimum atomic E-state index is -0.429. The molecular weight excluding hydrogens is 717 g/mol. The van der Waals surface area contributed by atoms with Crippen LogP contribution in [0.25, 0.3) is 93.2 Å². The predicted octanol–water partition coefficient (Wildman–Crippen LogP) is 15.8. The Morgan fingerprint density at radius 1 is 0.441 bits per heavy atom. The molecule has 0 atom stereocenters. The quantitative estimate of drug-likeness (QED) is 0.168. The zero-order valence-corrected chi connectivity index (χ0v) is 31.7. The summed E-state index contributed by atoms with van der Waals surface area (Å²) in [6.07, 6.45) is 0. The molecule has 0 fully saturated rings. The van der Waals surface area contributed by atoms with Crippen molar-refractivity contribution in [2.45, 2.75) is 0 Å². The average Bonchev–Trinajstić information content (AvgIpc) is 3.90. The molecule has 0 saturated heterocycles. The number of benzene rings is 10. The van der Waals surface area contributed by atoms with E-state index in [4.69, 9.17) is 11.3 Å². The van der Waals surface area contributed by atoms with Gasteiger partial charge in [0.05, 0.1) is 34.6 Å². The zero-order valence-electron chi connectivity index (χ0n) is 36.7. The van der Waals surface area contributed by atoms with Crippen LogP contribution in [0.4, 0.5) is 17.1 Å². The van der Waals surface area contributed by atoms with E-state index in [-0.39, 0.29) is 29.9 Å². The Morgan fingerprint density at radius 3 is 1.97 bits per heavy atom. The molecule has 0 aliphatic rings. The number of hydrogen-bond acceptors (Lipinski definition) is 2. The van der Waals surface area contributed by atoms with E-state index in [1.54, 1.807) is 0 Å². The topological polar surface area (TPSA) is 21.3 Å². The molecule has 0 bridgehead atoms. The largest absolute Gasteiger partial charge is 0.455 e. The number of rotatable bonds is 6. The lowest BCUT2D eigenvalue weighted by molar-refractivity contribution is 0.670. The van der Waals surface area contributed by atoms with Gasteiger partial charge in [0.25, 0.3) is 0 Å². The number of hydrogen-bond donors (Lipinski definition) is 0. The lowest BCUT2D eigenvalue weighted by Gasteiger charge is -2.28. The summed E-state index contributed by atoms with van der Waals surface area (Å²) in [6, 6.07) is 63.1. The van der Waals surface area contributed by atoms with Crippen molar-refractivity contribution in [3.63, 3.8) is 0 Å². The van der Waals surface area contributed by atoms with E-state index in [1.165, 1.54) is 10.8 Å².